The predicted molar refractivity (Wildman–Crippen MR) is 65.1 cm³/mol. The van der Waals surface area contributed by atoms with Gasteiger partial charge in [0.2, 0.25) is 0 Å². The first-order chi connectivity index (χ1) is 7.08. The number of hydrogen-bond donors (Lipinski definition) is 1. The van der Waals surface area contributed by atoms with E-state index in [-0.39, 0.29) is 5.41 Å². The van der Waals surface area contributed by atoms with Gasteiger partial charge in [0.25, 0.3) is 0 Å². The van der Waals surface area contributed by atoms with Crippen molar-refractivity contribution >= 4 is 15.9 Å². The summed E-state index contributed by atoms with van der Waals surface area (Å²) in [5.41, 5.74) is 0.119. The Morgan fingerprint density at radius 2 is 2.20 bits per heavy atom. The largest absolute Gasteiger partial charge is 0.454 e. The van der Waals surface area contributed by atoms with Gasteiger partial charge < -0.3 is 9.73 Å². The lowest BCUT2D eigenvalue weighted by atomic mass is 9.86. The zero-order valence-corrected chi connectivity index (χ0v) is 10.9. The molecule has 1 saturated carbocycles. The predicted octanol–water partition coefficient (Wildman–Crippen LogP) is 3.46. The van der Waals surface area contributed by atoms with Crippen molar-refractivity contribution in [2.45, 2.75) is 44.6 Å². The maximum atomic E-state index is 5.61. The molecule has 0 aromatic carbocycles. The number of hydrogen-bond acceptors (Lipinski definition) is 2. The number of nitrogens with one attached hydrogen (secondary N) is 1. The van der Waals surface area contributed by atoms with E-state index in [1.807, 2.05) is 6.07 Å². The minimum absolute atomic E-state index is 0.119. The van der Waals surface area contributed by atoms with E-state index < -0.39 is 0 Å². The maximum Gasteiger partial charge on any atom is 0.169 e. The first-order valence-electron chi connectivity index (χ1n) is 5.57. The molecule has 2 rings (SSSR count). The van der Waals surface area contributed by atoms with Crippen molar-refractivity contribution in [1.29, 1.82) is 0 Å². The highest BCUT2D eigenvalue weighted by atomic mass is 79.9. The second-order valence-corrected chi connectivity index (χ2v) is 5.75. The van der Waals surface area contributed by atoms with E-state index in [4.69, 9.17) is 4.42 Å². The fourth-order valence-corrected chi connectivity index (χ4v) is 1.98. The Balaban J connectivity index is 1.86. The molecule has 1 aromatic rings. The van der Waals surface area contributed by atoms with Gasteiger partial charge in [0.05, 0.1) is 0 Å². The van der Waals surface area contributed by atoms with Gasteiger partial charge >= 0.3 is 0 Å². The van der Waals surface area contributed by atoms with Crippen molar-refractivity contribution in [2.75, 3.05) is 6.54 Å². The smallest absolute Gasteiger partial charge is 0.169 e. The van der Waals surface area contributed by atoms with Crippen LogP contribution in [-0.4, -0.2) is 12.6 Å². The van der Waals surface area contributed by atoms with Crippen LogP contribution in [-0.2, 0) is 5.41 Å². The quantitative estimate of drug-likeness (QED) is 0.888. The van der Waals surface area contributed by atoms with E-state index in [1.54, 1.807) is 0 Å². The Morgan fingerprint density at radius 3 is 2.73 bits per heavy atom. The Hall–Kier alpha value is -0.280. The van der Waals surface area contributed by atoms with Crippen LogP contribution in [0.5, 0.6) is 0 Å². The average molecular weight is 272 g/mol. The topological polar surface area (TPSA) is 25.2 Å². The monoisotopic (exact) mass is 271 g/mol. The highest BCUT2D eigenvalue weighted by molar-refractivity contribution is 9.10. The molecular weight excluding hydrogens is 254 g/mol. The first-order valence-corrected chi connectivity index (χ1v) is 6.36. The Kier molecular flexibility index (Phi) is 3.21. The molecule has 1 aromatic heterocycles. The van der Waals surface area contributed by atoms with Crippen LogP contribution in [0.25, 0.3) is 0 Å². The third kappa shape index (κ3) is 3.08. The normalized spacial score (nSPS) is 17.0. The van der Waals surface area contributed by atoms with Gasteiger partial charge in [0.1, 0.15) is 5.76 Å². The molecule has 0 spiro atoms. The minimum Gasteiger partial charge on any atom is -0.454 e. The molecule has 15 heavy (non-hydrogen) atoms. The number of halogens is 1. The second kappa shape index (κ2) is 4.30. The van der Waals surface area contributed by atoms with Crippen molar-refractivity contribution in [3.8, 4) is 0 Å². The van der Waals surface area contributed by atoms with Crippen LogP contribution < -0.4 is 5.32 Å². The SMILES string of the molecule is CC(C)(CCNC1CC1)c1ccc(Br)o1. The van der Waals surface area contributed by atoms with E-state index in [9.17, 15) is 0 Å². The molecule has 1 aliphatic carbocycles. The molecule has 1 fully saturated rings. The molecule has 0 unspecified atom stereocenters. The van der Waals surface area contributed by atoms with Crippen LogP contribution in [0.1, 0.15) is 38.9 Å². The van der Waals surface area contributed by atoms with Gasteiger partial charge in [-0.1, -0.05) is 13.8 Å². The van der Waals surface area contributed by atoms with E-state index in [2.05, 4.69) is 41.2 Å². The lowest BCUT2D eigenvalue weighted by Crippen LogP contribution is -2.26. The maximum absolute atomic E-state index is 5.61. The number of furan rings is 1. The summed E-state index contributed by atoms with van der Waals surface area (Å²) in [5, 5.41) is 3.54. The van der Waals surface area contributed by atoms with Crippen molar-refractivity contribution < 1.29 is 4.42 Å². The molecule has 84 valence electrons. The number of rotatable bonds is 5. The lowest BCUT2D eigenvalue weighted by molar-refractivity contribution is 0.350. The zero-order chi connectivity index (χ0) is 10.9. The Labute approximate surface area is 99.6 Å². The van der Waals surface area contributed by atoms with E-state index in [0.717, 1.165) is 29.4 Å². The molecule has 0 atom stereocenters. The summed E-state index contributed by atoms with van der Waals surface area (Å²) >= 11 is 3.34. The van der Waals surface area contributed by atoms with Crippen LogP contribution in [0, 0.1) is 0 Å². The van der Waals surface area contributed by atoms with Crippen molar-refractivity contribution in [3.05, 3.63) is 22.6 Å². The van der Waals surface area contributed by atoms with Crippen LogP contribution in [0.2, 0.25) is 0 Å². The van der Waals surface area contributed by atoms with E-state index >= 15 is 0 Å². The van der Waals surface area contributed by atoms with E-state index in [1.165, 1.54) is 12.8 Å². The molecule has 0 amide bonds. The summed E-state index contributed by atoms with van der Waals surface area (Å²) in [4.78, 5) is 0. The standard InChI is InChI=1S/C12H18BrNO/c1-12(2,7-8-14-9-3-4-9)10-5-6-11(13)15-10/h5-6,9,14H,3-4,7-8H2,1-2H3. The summed E-state index contributed by atoms with van der Waals surface area (Å²) in [6, 6.07) is 4.82. The molecule has 1 heterocycles. The van der Waals surface area contributed by atoms with Gasteiger partial charge in [-0.25, -0.2) is 0 Å². The first kappa shape index (κ1) is 11.2. The molecule has 2 nitrogen and oxygen atoms in total. The van der Waals surface area contributed by atoms with Gasteiger partial charge in [0.15, 0.2) is 4.67 Å². The Morgan fingerprint density at radius 1 is 1.47 bits per heavy atom. The molecule has 0 saturated heterocycles. The summed E-state index contributed by atoms with van der Waals surface area (Å²) in [7, 11) is 0. The van der Waals surface area contributed by atoms with Gasteiger partial charge in [0, 0.05) is 11.5 Å². The summed E-state index contributed by atoms with van der Waals surface area (Å²) in [5.74, 6) is 1.06. The highest BCUT2D eigenvalue weighted by Crippen LogP contribution is 2.30. The zero-order valence-electron chi connectivity index (χ0n) is 9.35. The molecule has 1 N–H and O–H groups in total. The van der Waals surface area contributed by atoms with Crippen molar-refractivity contribution in [1.82, 2.24) is 5.32 Å². The summed E-state index contributed by atoms with van der Waals surface area (Å²) < 4.78 is 6.43. The van der Waals surface area contributed by atoms with Crippen LogP contribution >= 0.6 is 15.9 Å². The van der Waals surface area contributed by atoms with Gasteiger partial charge in [-0.05, 0) is 53.9 Å². The van der Waals surface area contributed by atoms with Gasteiger partial charge in [-0.3, -0.25) is 0 Å². The average Bonchev–Trinajstić information content (AvgIpc) is 2.86. The molecule has 0 bridgehead atoms. The summed E-state index contributed by atoms with van der Waals surface area (Å²) in [6.45, 7) is 5.54. The van der Waals surface area contributed by atoms with Crippen LogP contribution in [0.4, 0.5) is 0 Å². The molecule has 0 radical (unpaired) electrons. The second-order valence-electron chi connectivity index (χ2n) is 4.97. The molecule has 3 heteroatoms. The van der Waals surface area contributed by atoms with Crippen LogP contribution in [0.15, 0.2) is 21.2 Å². The Bertz CT molecular complexity index is 328. The van der Waals surface area contributed by atoms with Gasteiger partial charge in [-0.2, -0.15) is 0 Å². The molecule has 1 aliphatic rings. The fraction of sp³-hybridized carbons (Fsp3) is 0.667. The van der Waals surface area contributed by atoms with Crippen LogP contribution in [0.3, 0.4) is 0 Å². The third-order valence-electron chi connectivity index (χ3n) is 3.00. The lowest BCUT2D eigenvalue weighted by Gasteiger charge is -2.22. The minimum atomic E-state index is 0.119. The fourth-order valence-electron chi connectivity index (χ4n) is 1.68. The molecular formula is C12H18BrNO. The molecule has 0 aliphatic heterocycles. The van der Waals surface area contributed by atoms with Gasteiger partial charge in [-0.15, -0.1) is 0 Å². The summed E-state index contributed by atoms with van der Waals surface area (Å²) in [6.07, 6.45) is 3.82. The van der Waals surface area contributed by atoms with Crippen molar-refractivity contribution in [3.63, 3.8) is 0 Å². The van der Waals surface area contributed by atoms with Crippen molar-refractivity contribution in [2.24, 2.45) is 0 Å². The third-order valence-corrected chi connectivity index (χ3v) is 3.43. The highest BCUT2D eigenvalue weighted by Gasteiger charge is 2.26. The van der Waals surface area contributed by atoms with E-state index in [0.29, 0.717) is 0 Å².